The number of benzene rings is 2. The van der Waals surface area contributed by atoms with Gasteiger partial charge in [0, 0.05) is 30.8 Å². The summed E-state index contributed by atoms with van der Waals surface area (Å²) in [5.74, 6) is 0.693. The molecule has 7 nitrogen and oxygen atoms in total. The summed E-state index contributed by atoms with van der Waals surface area (Å²) in [6.07, 6.45) is 2.61. The van der Waals surface area contributed by atoms with Crippen LogP contribution in [0.15, 0.2) is 66.9 Å². The number of aromatic nitrogens is 5. The smallest absolute Gasteiger partial charge is 0.322 e. The van der Waals surface area contributed by atoms with Crippen LogP contribution in [0.2, 0.25) is 0 Å². The van der Waals surface area contributed by atoms with Gasteiger partial charge in [-0.05, 0) is 48.9 Å². The van der Waals surface area contributed by atoms with Crippen molar-refractivity contribution in [2.24, 2.45) is 5.92 Å². The average Bonchev–Trinajstić information content (AvgIpc) is 3.46. The minimum absolute atomic E-state index is 0.228. The molecule has 0 bridgehead atoms. The summed E-state index contributed by atoms with van der Waals surface area (Å²) in [5, 5.41) is 8.78. The molecule has 2 aromatic heterocycles. The molecule has 31 heavy (non-hydrogen) atoms. The second-order valence-electron chi connectivity index (χ2n) is 7.34. The SMILES string of the molecule is Fc1ccc(-c2nnn(CC3CCOC3)c2-c2ccnc(Oc3ccccc3)n2)cc1. The standard InChI is InChI=1S/C23H20FN5O2/c24-18-8-6-17(7-9-18)21-22(29(28-27-21)14-16-11-13-30-15-16)20-10-12-25-23(26-20)31-19-4-2-1-3-5-19/h1-10,12,16H,11,13-15H2. The van der Waals surface area contributed by atoms with Crippen molar-refractivity contribution < 1.29 is 13.9 Å². The molecule has 156 valence electrons. The summed E-state index contributed by atoms with van der Waals surface area (Å²) in [6, 6.07) is 17.6. The second-order valence-corrected chi connectivity index (χ2v) is 7.34. The van der Waals surface area contributed by atoms with Crippen molar-refractivity contribution in [2.45, 2.75) is 13.0 Å². The number of hydrogen-bond acceptors (Lipinski definition) is 6. The highest BCUT2D eigenvalue weighted by Gasteiger charge is 2.23. The van der Waals surface area contributed by atoms with Gasteiger partial charge in [-0.2, -0.15) is 4.98 Å². The van der Waals surface area contributed by atoms with Crippen LogP contribution < -0.4 is 4.74 Å². The Balaban J connectivity index is 1.55. The first-order valence-electron chi connectivity index (χ1n) is 10.1. The van der Waals surface area contributed by atoms with Crippen LogP contribution in [0, 0.1) is 11.7 Å². The van der Waals surface area contributed by atoms with Gasteiger partial charge in [0.2, 0.25) is 0 Å². The van der Waals surface area contributed by atoms with E-state index in [2.05, 4.69) is 20.3 Å². The van der Waals surface area contributed by atoms with Crippen molar-refractivity contribution in [3.8, 4) is 34.4 Å². The molecule has 0 N–H and O–H groups in total. The Bertz CT molecular complexity index is 1160. The zero-order valence-electron chi connectivity index (χ0n) is 16.7. The van der Waals surface area contributed by atoms with Gasteiger partial charge >= 0.3 is 6.01 Å². The summed E-state index contributed by atoms with van der Waals surface area (Å²) < 4.78 is 26.6. The Labute approximate surface area is 178 Å². The molecule has 1 aliphatic heterocycles. The van der Waals surface area contributed by atoms with Crippen molar-refractivity contribution in [3.05, 3.63) is 72.7 Å². The van der Waals surface area contributed by atoms with Gasteiger partial charge in [-0.25, -0.2) is 14.1 Å². The van der Waals surface area contributed by atoms with E-state index in [1.807, 2.05) is 35.0 Å². The van der Waals surface area contributed by atoms with E-state index in [1.54, 1.807) is 24.4 Å². The van der Waals surface area contributed by atoms with Crippen LogP contribution in [0.1, 0.15) is 6.42 Å². The maximum absolute atomic E-state index is 13.5. The summed E-state index contributed by atoms with van der Waals surface area (Å²) in [7, 11) is 0. The number of rotatable bonds is 6. The van der Waals surface area contributed by atoms with Gasteiger partial charge in [0.1, 0.15) is 23.0 Å². The van der Waals surface area contributed by atoms with Crippen molar-refractivity contribution in [1.82, 2.24) is 25.0 Å². The highest BCUT2D eigenvalue weighted by molar-refractivity contribution is 5.76. The van der Waals surface area contributed by atoms with Gasteiger partial charge in [-0.15, -0.1) is 5.10 Å². The summed E-state index contributed by atoms with van der Waals surface area (Å²) in [6.45, 7) is 2.10. The van der Waals surface area contributed by atoms with Crippen molar-refractivity contribution >= 4 is 0 Å². The van der Waals surface area contributed by atoms with E-state index in [4.69, 9.17) is 9.47 Å². The van der Waals surface area contributed by atoms with Crippen molar-refractivity contribution in [1.29, 1.82) is 0 Å². The van der Waals surface area contributed by atoms with Crippen LogP contribution in [0.4, 0.5) is 4.39 Å². The lowest BCUT2D eigenvalue weighted by molar-refractivity contribution is 0.181. The van der Waals surface area contributed by atoms with E-state index >= 15 is 0 Å². The number of para-hydroxylation sites is 1. The molecule has 0 amide bonds. The number of nitrogens with zero attached hydrogens (tertiary/aromatic N) is 5. The number of halogens is 1. The number of hydrogen-bond donors (Lipinski definition) is 0. The maximum Gasteiger partial charge on any atom is 0.322 e. The zero-order valence-corrected chi connectivity index (χ0v) is 16.7. The molecule has 4 aromatic rings. The van der Waals surface area contributed by atoms with Crippen molar-refractivity contribution in [3.63, 3.8) is 0 Å². The van der Waals surface area contributed by atoms with Crippen molar-refractivity contribution in [2.75, 3.05) is 13.2 Å². The normalized spacial score (nSPS) is 15.8. The minimum atomic E-state index is -0.304. The Hall–Kier alpha value is -3.65. The van der Waals surface area contributed by atoms with Crippen LogP contribution in [-0.4, -0.2) is 38.2 Å². The fourth-order valence-corrected chi connectivity index (χ4v) is 3.58. The Kier molecular flexibility index (Phi) is 5.37. The van der Waals surface area contributed by atoms with E-state index < -0.39 is 0 Å². The topological polar surface area (TPSA) is 75.0 Å². The third-order valence-corrected chi connectivity index (χ3v) is 5.14. The summed E-state index contributed by atoms with van der Waals surface area (Å²) in [5.41, 5.74) is 2.75. The van der Waals surface area contributed by atoms with Gasteiger partial charge in [-0.1, -0.05) is 23.4 Å². The zero-order chi connectivity index (χ0) is 21.0. The lowest BCUT2D eigenvalue weighted by atomic mass is 10.1. The first kappa shape index (κ1) is 19.3. The van der Waals surface area contributed by atoms with Crippen LogP contribution in [0.3, 0.4) is 0 Å². The molecule has 0 aliphatic carbocycles. The van der Waals surface area contributed by atoms with Crippen LogP contribution in [-0.2, 0) is 11.3 Å². The molecular weight excluding hydrogens is 397 g/mol. The molecule has 1 unspecified atom stereocenters. The van der Waals surface area contributed by atoms with Crippen LogP contribution >= 0.6 is 0 Å². The molecule has 0 spiro atoms. The molecule has 8 heteroatoms. The van der Waals surface area contributed by atoms with E-state index in [0.29, 0.717) is 36.2 Å². The largest absolute Gasteiger partial charge is 0.424 e. The highest BCUT2D eigenvalue weighted by atomic mass is 19.1. The summed E-state index contributed by atoms with van der Waals surface area (Å²) >= 11 is 0. The summed E-state index contributed by atoms with van der Waals surface area (Å²) in [4.78, 5) is 8.85. The maximum atomic E-state index is 13.5. The molecular formula is C23H20FN5O2. The quantitative estimate of drug-likeness (QED) is 0.464. The Morgan fingerprint density at radius 1 is 1.06 bits per heavy atom. The average molecular weight is 417 g/mol. The van der Waals surface area contributed by atoms with E-state index in [0.717, 1.165) is 24.3 Å². The fourth-order valence-electron chi connectivity index (χ4n) is 3.58. The van der Waals surface area contributed by atoms with Gasteiger partial charge in [0.25, 0.3) is 0 Å². The highest BCUT2D eigenvalue weighted by Crippen LogP contribution is 2.31. The lowest BCUT2D eigenvalue weighted by Crippen LogP contribution is -2.13. The van der Waals surface area contributed by atoms with Gasteiger partial charge < -0.3 is 9.47 Å². The molecule has 0 saturated carbocycles. The van der Waals surface area contributed by atoms with Gasteiger partial charge in [0.15, 0.2) is 0 Å². The van der Waals surface area contributed by atoms with Crippen LogP contribution in [0.25, 0.3) is 22.6 Å². The van der Waals surface area contributed by atoms with E-state index in [1.165, 1.54) is 12.1 Å². The molecule has 1 aliphatic rings. The van der Waals surface area contributed by atoms with Gasteiger partial charge in [0.05, 0.1) is 12.3 Å². The molecule has 5 rings (SSSR count). The monoisotopic (exact) mass is 417 g/mol. The Morgan fingerprint density at radius 3 is 2.68 bits per heavy atom. The van der Waals surface area contributed by atoms with Crippen LogP contribution in [0.5, 0.6) is 11.8 Å². The third kappa shape index (κ3) is 4.29. The predicted octanol–water partition coefficient (Wildman–Crippen LogP) is 4.37. The molecule has 0 radical (unpaired) electrons. The molecule has 1 atom stereocenters. The Morgan fingerprint density at radius 2 is 1.90 bits per heavy atom. The van der Waals surface area contributed by atoms with E-state index in [9.17, 15) is 4.39 Å². The third-order valence-electron chi connectivity index (χ3n) is 5.14. The number of ether oxygens (including phenoxy) is 2. The van der Waals surface area contributed by atoms with E-state index in [-0.39, 0.29) is 11.8 Å². The second kappa shape index (κ2) is 8.61. The first-order valence-corrected chi connectivity index (χ1v) is 10.1. The predicted molar refractivity (Wildman–Crippen MR) is 112 cm³/mol. The first-order chi connectivity index (χ1) is 15.3. The minimum Gasteiger partial charge on any atom is -0.424 e. The molecule has 3 heterocycles. The van der Waals surface area contributed by atoms with Gasteiger partial charge in [-0.3, -0.25) is 0 Å². The molecule has 1 saturated heterocycles. The lowest BCUT2D eigenvalue weighted by Gasteiger charge is -2.12. The fraction of sp³-hybridized carbons (Fsp3) is 0.217. The molecule has 2 aromatic carbocycles. The molecule has 1 fully saturated rings.